The van der Waals surface area contributed by atoms with Crippen molar-refractivity contribution >= 4 is 27.7 Å². The van der Waals surface area contributed by atoms with Crippen molar-refractivity contribution in [3.8, 4) is 5.69 Å². The van der Waals surface area contributed by atoms with Gasteiger partial charge in [-0.25, -0.2) is 9.37 Å². The van der Waals surface area contributed by atoms with Crippen LogP contribution >= 0.6 is 15.9 Å². The summed E-state index contributed by atoms with van der Waals surface area (Å²) >= 11 is 3.47. The largest absolute Gasteiger partial charge is 0.348 e. The number of nitrogens with one attached hydrogen (secondary N) is 1. The number of nitrogens with zero attached hydrogens (tertiary/aromatic N) is 3. The van der Waals surface area contributed by atoms with Gasteiger partial charge in [0.05, 0.1) is 23.0 Å². The summed E-state index contributed by atoms with van der Waals surface area (Å²) < 4.78 is 14.9. The number of carbonyl (C=O) groups excluding carboxylic acids is 2. The number of hydrogen-bond acceptors (Lipinski definition) is 3. The molecule has 25 heavy (non-hydrogen) atoms. The minimum atomic E-state index is -0.633. The van der Waals surface area contributed by atoms with E-state index in [0.717, 1.165) is 12.8 Å². The van der Waals surface area contributed by atoms with Crippen molar-refractivity contribution < 1.29 is 14.0 Å². The van der Waals surface area contributed by atoms with Crippen LogP contribution in [0.2, 0.25) is 0 Å². The summed E-state index contributed by atoms with van der Waals surface area (Å²) in [7, 11) is 0. The van der Waals surface area contributed by atoms with E-state index in [2.05, 4.69) is 26.2 Å². The van der Waals surface area contributed by atoms with Gasteiger partial charge in [-0.2, -0.15) is 0 Å². The topological polar surface area (TPSA) is 67.2 Å². The highest BCUT2D eigenvalue weighted by Crippen LogP contribution is 2.41. The number of benzene rings is 1. The number of rotatable bonds is 3. The number of imidazole rings is 1. The summed E-state index contributed by atoms with van der Waals surface area (Å²) in [4.78, 5) is 31.6. The molecule has 1 aromatic heterocycles. The summed E-state index contributed by atoms with van der Waals surface area (Å²) in [5.41, 5.74) is 2.21. The van der Waals surface area contributed by atoms with Gasteiger partial charge in [-0.15, -0.1) is 0 Å². The highest BCUT2D eigenvalue weighted by molar-refractivity contribution is 9.10. The van der Waals surface area contributed by atoms with Crippen LogP contribution in [0.15, 0.2) is 29.0 Å². The Balaban J connectivity index is 1.92. The first-order chi connectivity index (χ1) is 12.1. The molecule has 1 fully saturated rings. The molecule has 8 heteroatoms. The normalized spacial score (nSPS) is 18.4. The molecule has 3 heterocycles. The lowest BCUT2D eigenvalue weighted by atomic mass is 10.1. The summed E-state index contributed by atoms with van der Waals surface area (Å²) in [6, 6.07) is 5.31. The molecule has 6 nitrogen and oxygen atoms in total. The van der Waals surface area contributed by atoms with Gasteiger partial charge in [-0.1, -0.05) is 6.07 Å². The van der Waals surface area contributed by atoms with Gasteiger partial charge >= 0.3 is 0 Å². The zero-order valence-corrected chi connectivity index (χ0v) is 14.9. The molecule has 0 bridgehead atoms. The number of halogens is 2. The smallest absolute Gasteiger partial charge is 0.271 e. The molecule has 4 rings (SSSR count). The van der Waals surface area contributed by atoms with Crippen molar-refractivity contribution in [2.75, 3.05) is 19.8 Å². The standard InChI is InChI=1S/C17H16BrFN4O2/c18-10-3-1-4-11-13(10)17(25)22-8-2-5-12(22)15-14(21-9-23(11)15)16(24)20-7-6-19/h1,3-4,9,12H,2,5-8H2,(H,20,24)/t12-/m0/s1. The highest BCUT2D eigenvalue weighted by Gasteiger charge is 2.40. The Morgan fingerprint density at radius 3 is 3.08 bits per heavy atom. The first kappa shape index (κ1) is 16.3. The summed E-state index contributed by atoms with van der Waals surface area (Å²) in [6.07, 6.45) is 3.21. The van der Waals surface area contributed by atoms with E-state index in [0.29, 0.717) is 28.0 Å². The zero-order chi connectivity index (χ0) is 17.6. The molecule has 0 saturated carbocycles. The molecular formula is C17H16BrFN4O2. The molecule has 1 atom stereocenters. The molecule has 2 aromatic rings. The maximum absolute atomic E-state index is 13.1. The van der Waals surface area contributed by atoms with E-state index in [-0.39, 0.29) is 24.2 Å². The van der Waals surface area contributed by atoms with Gasteiger partial charge in [0.1, 0.15) is 13.0 Å². The summed E-state index contributed by atoms with van der Waals surface area (Å²) in [6.45, 7) is -0.0484. The fourth-order valence-corrected chi connectivity index (χ4v) is 4.18. The van der Waals surface area contributed by atoms with Crippen LogP contribution in [-0.2, 0) is 0 Å². The minimum Gasteiger partial charge on any atom is -0.348 e. The van der Waals surface area contributed by atoms with Gasteiger partial charge in [0.2, 0.25) is 0 Å². The van der Waals surface area contributed by atoms with Crippen LogP contribution < -0.4 is 5.32 Å². The molecule has 1 aromatic carbocycles. The number of carbonyl (C=O) groups is 2. The molecule has 1 N–H and O–H groups in total. The average molecular weight is 407 g/mol. The SMILES string of the molecule is O=C(NCCF)c1ncn2c1[C@@H]1CCCN1C(=O)c1c(Br)cccc1-2. The molecular weight excluding hydrogens is 391 g/mol. The molecule has 0 spiro atoms. The Labute approximate surface area is 152 Å². The maximum atomic E-state index is 13.1. The molecule has 1 saturated heterocycles. The fraction of sp³-hybridized carbons (Fsp3) is 0.353. The third kappa shape index (κ3) is 2.47. The predicted molar refractivity (Wildman–Crippen MR) is 92.6 cm³/mol. The van der Waals surface area contributed by atoms with Gasteiger partial charge in [0.15, 0.2) is 5.69 Å². The molecule has 2 aliphatic heterocycles. The molecule has 2 amide bonds. The lowest BCUT2D eigenvalue weighted by molar-refractivity contribution is 0.0734. The van der Waals surface area contributed by atoms with E-state index in [1.165, 1.54) is 0 Å². The lowest BCUT2D eigenvalue weighted by Crippen LogP contribution is -2.32. The number of fused-ring (bicyclic) bond motifs is 5. The summed E-state index contributed by atoms with van der Waals surface area (Å²) in [5, 5.41) is 2.53. The van der Waals surface area contributed by atoms with Crippen LogP contribution in [0.4, 0.5) is 4.39 Å². The number of hydrogen-bond donors (Lipinski definition) is 1. The Morgan fingerprint density at radius 2 is 2.28 bits per heavy atom. The van der Waals surface area contributed by atoms with Crippen LogP contribution in [0, 0.1) is 0 Å². The quantitative estimate of drug-likeness (QED) is 0.851. The summed E-state index contributed by atoms with van der Waals surface area (Å²) in [5.74, 6) is -0.465. The van der Waals surface area contributed by atoms with Crippen molar-refractivity contribution in [2.45, 2.75) is 18.9 Å². The van der Waals surface area contributed by atoms with E-state index in [4.69, 9.17) is 0 Å². The van der Waals surface area contributed by atoms with Crippen LogP contribution in [-0.4, -0.2) is 46.0 Å². The Kier molecular flexibility index (Phi) is 4.07. The second-order valence-electron chi connectivity index (χ2n) is 6.08. The van der Waals surface area contributed by atoms with Crippen molar-refractivity contribution in [3.05, 3.63) is 46.0 Å². The van der Waals surface area contributed by atoms with Gasteiger partial charge in [0, 0.05) is 17.6 Å². The van der Waals surface area contributed by atoms with E-state index in [9.17, 15) is 14.0 Å². The first-order valence-electron chi connectivity index (χ1n) is 8.14. The van der Waals surface area contributed by atoms with Crippen molar-refractivity contribution in [3.63, 3.8) is 0 Å². The fourth-order valence-electron chi connectivity index (χ4n) is 3.65. The average Bonchev–Trinajstić information content (AvgIpc) is 3.23. The Hall–Kier alpha value is -2.22. The number of amides is 2. The molecule has 0 aliphatic carbocycles. The molecule has 0 radical (unpaired) electrons. The van der Waals surface area contributed by atoms with Gasteiger partial charge in [0.25, 0.3) is 11.8 Å². The van der Waals surface area contributed by atoms with E-state index < -0.39 is 12.6 Å². The van der Waals surface area contributed by atoms with Crippen LogP contribution in [0.3, 0.4) is 0 Å². The van der Waals surface area contributed by atoms with E-state index in [1.54, 1.807) is 11.2 Å². The van der Waals surface area contributed by atoms with E-state index in [1.807, 2.05) is 22.8 Å². The van der Waals surface area contributed by atoms with Gasteiger partial charge < -0.3 is 10.2 Å². The molecule has 0 unspecified atom stereocenters. The molecule has 130 valence electrons. The number of alkyl halides is 1. The Bertz CT molecular complexity index is 866. The predicted octanol–water partition coefficient (Wildman–Crippen LogP) is 2.62. The van der Waals surface area contributed by atoms with Gasteiger partial charge in [-0.05, 0) is 40.9 Å². The third-order valence-electron chi connectivity index (χ3n) is 4.69. The zero-order valence-electron chi connectivity index (χ0n) is 13.3. The lowest BCUT2D eigenvalue weighted by Gasteiger charge is -2.23. The van der Waals surface area contributed by atoms with Crippen LogP contribution in [0.25, 0.3) is 5.69 Å². The maximum Gasteiger partial charge on any atom is 0.271 e. The first-order valence-corrected chi connectivity index (χ1v) is 8.94. The van der Waals surface area contributed by atoms with Crippen molar-refractivity contribution in [1.29, 1.82) is 0 Å². The second kappa shape index (κ2) is 6.25. The minimum absolute atomic E-state index is 0.0520. The van der Waals surface area contributed by atoms with E-state index >= 15 is 0 Å². The van der Waals surface area contributed by atoms with Crippen LogP contribution in [0.5, 0.6) is 0 Å². The number of aromatic nitrogens is 2. The molecule has 2 aliphatic rings. The van der Waals surface area contributed by atoms with Crippen LogP contribution in [0.1, 0.15) is 45.4 Å². The monoisotopic (exact) mass is 406 g/mol. The second-order valence-corrected chi connectivity index (χ2v) is 6.94. The van der Waals surface area contributed by atoms with Crippen molar-refractivity contribution in [1.82, 2.24) is 19.8 Å². The highest BCUT2D eigenvalue weighted by atomic mass is 79.9. The van der Waals surface area contributed by atoms with Gasteiger partial charge in [-0.3, -0.25) is 14.2 Å². The Morgan fingerprint density at radius 1 is 1.44 bits per heavy atom. The van der Waals surface area contributed by atoms with Crippen molar-refractivity contribution in [2.24, 2.45) is 0 Å². The third-order valence-corrected chi connectivity index (χ3v) is 5.35.